The maximum Gasteiger partial charge on any atom is 0.416 e. The normalized spacial score (nSPS) is 16.6. The summed E-state index contributed by atoms with van der Waals surface area (Å²) in [5, 5.41) is 6.18. The molecule has 2 aromatic rings. The van der Waals surface area contributed by atoms with Gasteiger partial charge in [0.15, 0.2) is 0 Å². The van der Waals surface area contributed by atoms with Crippen LogP contribution in [0.2, 0.25) is 0 Å². The summed E-state index contributed by atoms with van der Waals surface area (Å²) >= 11 is 0. The molecule has 0 saturated carbocycles. The van der Waals surface area contributed by atoms with Gasteiger partial charge in [-0.05, 0) is 74.2 Å². The van der Waals surface area contributed by atoms with Crippen LogP contribution in [0.1, 0.15) is 40.7 Å². The number of anilines is 1. The van der Waals surface area contributed by atoms with Crippen molar-refractivity contribution < 1.29 is 18.0 Å². The van der Waals surface area contributed by atoms with Gasteiger partial charge in [-0.3, -0.25) is 4.79 Å². The van der Waals surface area contributed by atoms with Gasteiger partial charge < -0.3 is 10.6 Å². The lowest BCUT2D eigenvalue weighted by molar-refractivity contribution is -0.137. The highest BCUT2D eigenvalue weighted by atomic mass is 35.5. The number of hydrogen-bond acceptors (Lipinski definition) is 2. The van der Waals surface area contributed by atoms with Crippen molar-refractivity contribution in [2.75, 3.05) is 11.9 Å². The summed E-state index contributed by atoms with van der Waals surface area (Å²) in [6.45, 7) is 1.10. The molecule has 0 spiro atoms. The summed E-state index contributed by atoms with van der Waals surface area (Å²) in [7, 11) is 0. The van der Waals surface area contributed by atoms with E-state index in [0.29, 0.717) is 11.7 Å². The predicted molar refractivity (Wildman–Crippen MR) is 102 cm³/mol. The van der Waals surface area contributed by atoms with Crippen LogP contribution in [0.15, 0.2) is 48.5 Å². The summed E-state index contributed by atoms with van der Waals surface area (Å²) in [5.74, 6) is -0.429. The van der Waals surface area contributed by atoms with Gasteiger partial charge in [-0.2, -0.15) is 13.2 Å². The van der Waals surface area contributed by atoms with Crippen LogP contribution < -0.4 is 10.6 Å². The van der Waals surface area contributed by atoms with Crippen LogP contribution in [-0.2, 0) is 12.6 Å². The molecule has 1 fully saturated rings. The van der Waals surface area contributed by atoms with Crippen LogP contribution in [0, 0.1) is 0 Å². The summed E-state index contributed by atoms with van der Waals surface area (Å²) in [5.41, 5.74) is 1.24. The lowest BCUT2D eigenvalue weighted by Crippen LogP contribution is -2.21. The molecule has 1 amide bonds. The topological polar surface area (TPSA) is 41.1 Å². The molecule has 1 aliphatic heterocycles. The molecule has 1 saturated heterocycles. The van der Waals surface area contributed by atoms with E-state index in [1.54, 1.807) is 0 Å². The SMILES string of the molecule is Cl.O=C(Nc1ccc(CCC2CCCN2)cc1)c1ccc(C(F)(F)F)cc1. The predicted octanol–water partition coefficient (Wildman–Crippen LogP) is 5.06. The van der Waals surface area contributed by atoms with Gasteiger partial charge in [-0.15, -0.1) is 12.4 Å². The first-order valence-corrected chi connectivity index (χ1v) is 8.73. The molecule has 0 radical (unpaired) electrons. The zero-order chi connectivity index (χ0) is 18.6. The molecule has 1 aliphatic rings. The van der Waals surface area contributed by atoms with Gasteiger partial charge in [0, 0.05) is 17.3 Å². The molecule has 2 N–H and O–H groups in total. The minimum atomic E-state index is -4.40. The molecule has 0 aliphatic carbocycles. The maximum atomic E-state index is 12.6. The Morgan fingerprint density at radius 2 is 1.74 bits per heavy atom. The van der Waals surface area contributed by atoms with Crippen LogP contribution in [-0.4, -0.2) is 18.5 Å². The molecule has 0 aromatic heterocycles. The quantitative estimate of drug-likeness (QED) is 0.738. The molecular formula is C20H22ClF3N2O. The van der Waals surface area contributed by atoms with Crippen molar-refractivity contribution in [1.82, 2.24) is 5.32 Å². The van der Waals surface area contributed by atoms with Gasteiger partial charge in [-0.1, -0.05) is 12.1 Å². The number of rotatable bonds is 5. The van der Waals surface area contributed by atoms with Crippen molar-refractivity contribution >= 4 is 24.0 Å². The van der Waals surface area contributed by atoms with Crippen LogP contribution in [0.3, 0.4) is 0 Å². The van der Waals surface area contributed by atoms with Crippen LogP contribution in [0.25, 0.3) is 0 Å². The summed E-state index contributed by atoms with van der Waals surface area (Å²) in [6, 6.07) is 12.4. The standard InChI is InChI=1S/C20H21F3N2O.ClH/c21-20(22,23)16-8-6-15(7-9-16)19(26)25-18-11-4-14(5-12-18)3-10-17-2-1-13-24-17;/h4-9,11-12,17,24H,1-3,10,13H2,(H,25,26);1H. The smallest absolute Gasteiger partial charge is 0.322 e. The molecule has 3 rings (SSSR count). The average molecular weight is 399 g/mol. The Bertz CT molecular complexity index is 739. The maximum absolute atomic E-state index is 12.6. The fourth-order valence-corrected chi connectivity index (χ4v) is 3.11. The number of halogens is 4. The van der Waals surface area contributed by atoms with E-state index in [4.69, 9.17) is 0 Å². The average Bonchev–Trinajstić information content (AvgIpc) is 3.14. The van der Waals surface area contributed by atoms with Gasteiger partial charge in [0.2, 0.25) is 0 Å². The number of carbonyl (C=O) groups is 1. The van der Waals surface area contributed by atoms with Crippen LogP contribution in [0.5, 0.6) is 0 Å². The Hall–Kier alpha value is -2.05. The number of alkyl halides is 3. The number of nitrogens with one attached hydrogen (secondary N) is 2. The third-order valence-electron chi connectivity index (χ3n) is 4.63. The summed E-state index contributed by atoms with van der Waals surface area (Å²) in [4.78, 5) is 12.2. The first kappa shape index (κ1) is 21.3. The Balaban J connectivity index is 0.00000261. The lowest BCUT2D eigenvalue weighted by atomic mass is 10.0. The number of hydrogen-bond donors (Lipinski definition) is 2. The zero-order valence-corrected chi connectivity index (χ0v) is 15.5. The summed E-state index contributed by atoms with van der Waals surface area (Å²) < 4.78 is 37.7. The number of aryl methyl sites for hydroxylation is 1. The number of benzene rings is 2. The Kier molecular flexibility index (Phi) is 7.27. The molecule has 146 valence electrons. The largest absolute Gasteiger partial charge is 0.416 e. The number of amides is 1. The Morgan fingerprint density at radius 1 is 1.07 bits per heavy atom. The van der Waals surface area contributed by atoms with E-state index in [1.807, 2.05) is 24.3 Å². The fraction of sp³-hybridized carbons (Fsp3) is 0.350. The van der Waals surface area contributed by atoms with Crippen LogP contribution in [0.4, 0.5) is 18.9 Å². The minimum absolute atomic E-state index is 0. The van der Waals surface area contributed by atoms with Crippen molar-refractivity contribution in [2.24, 2.45) is 0 Å². The van der Waals surface area contributed by atoms with Gasteiger partial charge in [0.25, 0.3) is 5.91 Å². The van der Waals surface area contributed by atoms with Crippen molar-refractivity contribution in [3.63, 3.8) is 0 Å². The Morgan fingerprint density at radius 3 is 2.30 bits per heavy atom. The minimum Gasteiger partial charge on any atom is -0.322 e. The van der Waals surface area contributed by atoms with E-state index >= 15 is 0 Å². The molecule has 0 bridgehead atoms. The van der Waals surface area contributed by atoms with Crippen LogP contribution >= 0.6 is 12.4 Å². The van der Waals surface area contributed by atoms with Crippen molar-refractivity contribution in [3.8, 4) is 0 Å². The molecule has 27 heavy (non-hydrogen) atoms. The second-order valence-corrected chi connectivity index (χ2v) is 6.56. The molecular weight excluding hydrogens is 377 g/mol. The first-order valence-electron chi connectivity index (χ1n) is 8.73. The van der Waals surface area contributed by atoms with Crippen molar-refractivity contribution in [3.05, 3.63) is 65.2 Å². The fourth-order valence-electron chi connectivity index (χ4n) is 3.11. The van der Waals surface area contributed by atoms with Crippen molar-refractivity contribution in [2.45, 2.75) is 37.9 Å². The second-order valence-electron chi connectivity index (χ2n) is 6.56. The molecule has 1 unspecified atom stereocenters. The third-order valence-corrected chi connectivity index (χ3v) is 4.63. The molecule has 7 heteroatoms. The monoisotopic (exact) mass is 398 g/mol. The van der Waals surface area contributed by atoms with E-state index in [9.17, 15) is 18.0 Å². The highest BCUT2D eigenvalue weighted by Crippen LogP contribution is 2.29. The molecule has 1 heterocycles. The van der Waals surface area contributed by atoms with E-state index in [2.05, 4.69) is 10.6 Å². The second kappa shape index (κ2) is 9.24. The molecule has 2 aromatic carbocycles. The molecule has 3 nitrogen and oxygen atoms in total. The summed E-state index contributed by atoms with van der Waals surface area (Å²) in [6.07, 6.45) is 0.127. The van der Waals surface area contributed by atoms with Gasteiger partial charge in [-0.25, -0.2) is 0 Å². The van der Waals surface area contributed by atoms with Gasteiger partial charge >= 0.3 is 6.18 Å². The molecule has 1 atom stereocenters. The van der Waals surface area contributed by atoms with E-state index in [-0.39, 0.29) is 18.0 Å². The highest BCUT2D eigenvalue weighted by molar-refractivity contribution is 6.04. The first-order chi connectivity index (χ1) is 12.4. The third kappa shape index (κ3) is 5.97. The van der Waals surface area contributed by atoms with E-state index in [1.165, 1.54) is 30.5 Å². The number of carbonyl (C=O) groups excluding carboxylic acids is 1. The van der Waals surface area contributed by atoms with Crippen molar-refractivity contribution in [1.29, 1.82) is 0 Å². The van der Waals surface area contributed by atoms with Gasteiger partial charge in [0.1, 0.15) is 0 Å². The van der Waals surface area contributed by atoms with Gasteiger partial charge in [0.05, 0.1) is 5.56 Å². The zero-order valence-electron chi connectivity index (χ0n) is 14.7. The lowest BCUT2D eigenvalue weighted by Gasteiger charge is -2.11. The highest BCUT2D eigenvalue weighted by Gasteiger charge is 2.30. The van der Waals surface area contributed by atoms with E-state index < -0.39 is 17.6 Å². The Labute approximate surface area is 162 Å². The van der Waals surface area contributed by atoms with E-state index in [0.717, 1.165) is 31.5 Å².